The topological polar surface area (TPSA) is 69.6 Å². The minimum atomic E-state index is 0.249. The summed E-state index contributed by atoms with van der Waals surface area (Å²) in [5, 5.41) is 5.63. The number of nitrogens with two attached hydrogens (primary N) is 1. The Morgan fingerprint density at radius 1 is 1.28 bits per heavy atom. The second-order valence-corrected chi connectivity index (χ2v) is 5.18. The lowest BCUT2D eigenvalue weighted by atomic mass is 10.2. The van der Waals surface area contributed by atoms with Crippen molar-refractivity contribution >= 4 is 39.4 Å². The molecule has 2 aromatic heterocycles. The first kappa shape index (κ1) is 11.4. The number of halogens is 1. The number of nitrogens with zero attached hydrogens (tertiary/aromatic N) is 4. The molecule has 3 aromatic rings. The Kier molecular flexibility index (Phi) is 2.66. The van der Waals surface area contributed by atoms with E-state index in [2.05, 4.69) is 55.9 Å². The van der Waals surface area contributed by atoms with Crippen molar-refractivity contribution < 1.29 is 0 Å². The zero-order chi connectivity index (χ0) is 12.7. The lowest BCUT2D eigenvalue weighted by Crippen LogP contribution is -2.03. The van der Waals surface area contributed by atoms with Gasteiger partial charge in [0.25, 0.3) is 0 Å². The van der Waals surface area contributed by atoms with Crippen LogP contribution in [-0.2, 0) is 0 Å². The van der Waals surface area contributed by atoms with Crippen molar-refractivity contribution in [3.8, 4) is 5.82 Å². The molecule has 0 spiro atoms. The average Bonchev–Trinajstić information content (AvgIpc) is 2.66. The molecule has 90 valence electrons. The highest BCUT2D eigenvalue weighted by Gasteiger charge is 2.10. The van der Waals surface area contributed by atoms with Crippen LogP contribution in [-0.4, -0.2) is 19.7 Å². The maximum atomic E-state index is 5.61. The number of benzene rings is 1. The molecule has 0 aliphatic heterocycles. The zero-order valence-electron chi connectivity index (χ0n) is 9.63. The Morgan fingerprint density at radius 3 is 2.89 bits per heavy atom. The van der Waals surface area contributed by atoms with Gasteiger partial charge in [-0.3, -0.25) is 0 Å². The second-order valence-electron chi connectivity index (χ2n) is 3.93. The number of aryl methyl sites for hydroxylation is 1. The fraction of sp³-hybridized carbons (Fsp3) is 0.0833. The molecule has 1 aromatic carbocycles. The SMILES string of the molecule is Cc1nn(-c2ccnc(N)n2)c2cc(I)ccc12. The van der Waals surface area contributed by atoms with Crippen molar-refractivity contribution in [3.63, 3.8) is 0 Å². The standard InChI is InChI=1S/C12H10IN5/c1-7-9-3-2-8(13)6-10(9)18(17-7)11-4-5-15-12(14)16-11/h2-6H,1H3,(H2,14,15,16). The van der Waals surface area contributed by atoms with Gasteiger partial charge in [0.05, 0.1) is 11.2 Å². The first-order chi connectivity index (χ1) is 8.65. The summed E-state index contributed by atoms with van der Waals surface area (Å²) in [5.41, 5.74) is 7.61. The van der Waals surface area contributed by atoms with Crippen molar-refractivity contribution in [2.75, 3.05) is 5.73 Å². The molecule has 0 radical (unpaired) electrons. The van der Waals surface area contributed by atoms with Gasteiger partial charge < -0.3 is 5.73 Å². The van der Waals surface area contributed by atoms with E-state index in [1.807, 2.05) is 6.92 Å². The number of hydrogen-bond donors (Lipinski definition) is 1. The van der Waals surface area contributed by atoms with Crippen LogP contribution >= 0.6 is 22.6 Å². The van der Waals surface area contributed by atoms with Gasteiger partial charge in [-0.1, -0.05) is 0 Å². The van der Waals surface area contributed by atoms with Gasteiger partial charge in [-0.25, -0.2) is 9.67 Å². The predicted octanol–water partition coefficient (Wildman–Crippen LogP) is 2.31. The molecule has 3 rings (SSSR count). The van der Waals surface area contributed by atoms with Gasteiger partial charge in [-0.2, -0.15) is 10.1 Å². The summed E-state index contributed by atoms with van der Waals surface area (Å²) in [6, 6.07) is 8.01. The summed E-state index contributed by atoms with van der Waals surface area (Å²) in [6.45, 7) is 1.98. The van der Waals surface area contributed by atoms with Crippen molar-refractivity contribution in [3.05, 3.63) is 39.7 Å². The predicted molar refractivity (Wildman–Crippen MR) is 78.5 cm³/mol. The normalized spacial score (nSPS) is 11.0. The first-order valence-electron chi connectivity index (χ1n) is 5.39. The van der Waals surface area contributed by atoms with E-state index in [0.29, 0.717) is 5.82 Å². The van der Waals surface area contributed by atoms with Crippen molar-refractivity contribution in [2.24, 2.45) is 0 Å². The molecule has 2 heterocycles. The van der Waals surface area contributed by atoms with Crippen LogP contribution < -0.4 is 5.73 Å². The number of anilines is 1. The quantitative estimate of drug-likeness (QED) is 0.683. The monoisotopic (exact) mass is 351 g/mol. The van der Waals surface area contributed by atoms with E-state index in [1.165, 1.54) is 0 Å². The number of aromatic nitrogens is 4. The molecule has 6 heteroatoms. The zero-order valence-corrected chi connectivity index (χ0v) is 11.8. The third-order valence-electron chi connectivity index (χ3n) is 2.70. The number of fused-ring (bicyclic) bond motifs is 1. The minimum absolute atomic E-state index is 0.249. The number of hydrogen-bond acceptors (Lipinski definition) is 4. The molecular formula is C12H10IN5. The molecule has 18 heavy (non-hydrogen) atoms. The van der Waals surface area contributed by atoms with Crippen LogP contribution in [0.25, 0.3) is 16.7 Å². The molecule has 0 aliphatic carbocycles. The third-order valence-corrected chi connectivity index (χ3v) is 3.38. The highest BCUT2D eigenvalue weighted by molar-refractivity contribution is 14.1. The van der Waals surface area contributed by atoms with E-state index in [9.17, 15) is 0 Å². The third kappa shape index (κ3) is 1.82. The van der Waals surface area contributed by atoms with E-state index in [1.54, 1.807) is 16.9 Å². The van der Waals surface area contributed by atoms with Gasteiger partial charge in [-0.15, -0.1) is 0 Å². The second kappa shape index (κ2) is 4.20. The smallest absolute Gasteiger partial charge is 0.221 e. The molecule has 0 amide bonds. The molecule has 2 N–H and O–H groups in total. The van der Waals surface area contributed by atoms with Crippen LogP contribution in [0.15, 0.2) is 30.5 Å². The van der Waals surface area contributed by atoms with Gasteiger partial charge in [0.15, 0.2) is 5.82 Å². The van der Waals surface area contributed by atoms with Crippen molar-refractivity contribution in [1.82, 2.24) is 19.7 Å². The minimum Gasteiger partial charge on any atom is -0.368 e. The van der Waals surface area contributed by atoms with Gasteiger partial charge in [-0.05, 0) is 47.7 Å². The molecule has 0 saturated carbocycles. The van der Waals surface area contributed by atoms with E-state index in [0.717, 1.165) is 20.2 Å². The Labute approximate surface area is 117 Å². The van der Waals surface area contributed by atoms with Crippen LogP contribution in [0.1, 0.15) is 5.69 Å². The largest absolute Gasteiger partial charge is 0.368 e. The molecule has 0 atom stereocenters. The van der Waals surface area contributed by atoms with Gasteiger partial charge in [0, 0.05) is 21.2 Å². The summed E-state index contributed by atoms with van der Waals surface area (Å²) >= 11 is 2.28. The average molecular weight is 351 g/mol. The molecule has 0 aliphatic rings. The summed E-state index contributed by atoms with van der Waals surface area (Å²) in [6.07, 6.45) is 1.63. The molecule has 0 saturated heterocycles. The number of rotatable bonds is 1. The Bertz CT molecular complexity index is 734. The Hall–Kier alpha value is -1.70. The van der Waals surface area contributed by atoms with Gasteiger partial charge in [0.1, 0.15) is 0 Å². The lowest BCUT2D eigenvalue weighted by molar-refractivity contribution is 0.852. The number of nitrogen functional groups attached to an aromatic ring is 1. The Morgan fingerprint density at radius 2 is 2.11 bits per heavy atom. The van der Waals surface area contributed by atoms with E-state index < -0.39 is 0 Å². The fourth-order valence-corrected chi connectivity index (χ4v) is 2.37. The molecule has 0 bridgehead atoms. The van der Waals surface area contributed by atoms with E-state index in [4.69, 9.17) is 5.73 Å². The molecule has 0 unspecified atom stereocenters. The Balaban J connectivity index is 2.32. The molecule has 0 fully saturated rings. The van der Waals surface area contributed by atoms with Crippen LogP contribution in [0.5, 0.6) is 0 Å². The molecule has 5 nitrogen and oxygen atoms in total. The summed E-state index contributed by atoms with van der Waals surface area (Å²) < 4.78 is 2.95. The maximum Gasteiger partial charge on any atom is 0.221 e. The van der Waals surface area contributed by atoms with Gasteiger partial charge >= 0.3 is 0 Å². The van der Waals surface area contributed by atoms with Gasteiger partial charge in [0.2, 0.25) is 5.95 Å². The first-order valence-corrected chi connectivity index (χ1v) is 6.47. The fourth-order valence-electron chi connectivity index (χ4n) is 1.90. The van der Waals surface area contributed by atoms with E-state index in [-0.39, 0.29) is 5.95 Å². The van der Waals surface area contributed by atoms with Crippen LogP contribution in [0.4, 0.5) is 5.95 Å². The van der Waals surface area contributed by atoms with Crippen molar-refractivity contribution in [2.45, 2.75) is 6.92 Å². The van der Waals surface area contributed by atoms with Crippen molar-refractivity contribution in [1.29, 1.82) is 0 Å². The highest BCUT2D eigenvalue weighted by atomic mass is 127. The maximum absolute atomic E-state index is 5.61. The molecular weight excluding hydrogens is 341 g/mol. The van der Waals surface area contributed by atoms with Crippen LogP contribution in [0, 0.1) is 10.5 Å². The van der Waals surface area contributed by atoms with Crippen LogP contribution in [0.2, 0.25) is 0 Å². The summed E-state index contributed by atoms with van der Waals surface area (Å²) in [4.78, 5) is 8.10. The van der Waals surface area contributed by atoms with E-state index >= 15 is 0 Å². The lowest BCUT2D eigenvalue weighted by Gasteiger charge is -2.02. The highest BCUT2D eigenvalue weighted by Crippen LogP contribution is 2.22. The van der Waals surface area contributed by atoms with Crippen LogP contribution in [0.3, 0.4) is 0 Å². The summed E-state index contributed by atoms with van der Waals surface area (Å²) in [5.74, 6) is 0.932. The summed E-state index contributed by atoms with van der Waals surface area (Å²) in [7, 11) is 0.